The van der Waals surface area contributed by atoms with E-state index in [-0.39, 0.29) is 11.8 Å². The minimum Gasteiger partial charge on any atom is -0.360 e. The van der Waals surface area contributed by atoms with Crippen LogP contribution in [0.4, 0.5) is 0 Å². The predicted molar refractivity (Wildman–Crippen MR) is 73.7 cm³/mol. The second-order valence-electron chi connectivity index (χ2n) is 5.01. The van der Waals surface area contributed by atoms with Gasteiger partial charge in [-0.2, -0.15) is 0 Å². The average molecular weight is 238 g/mol. The molecule has 1 atom stereocenters. The summed E-state index contributed by atoms with van der Waals surface area (Å²) in [5.41, 5.74) is 2.42. The summed E-state index contributed by atoms with van der Waals surface area (Å²) in [5, 5.41) is 0.931. The first-order valence-corrected chi connectivity index (χ1v) is 6.28. The average Bonchev–Trinajstić information content (AvgIpc) is 2.94. The number of fused-ring (bicyclic) bond motifs is 1. The van der Waals surface area contributed by atoms with E-state index in [2.05, 4.69) is 9.88 Å². The number of nitrogens with one attached hydrogen (secondary N) is 1. The van der Waals surface area contributed by atoms with Crippen molar-refractivity contribution < 1.29 is 4.79 Å². The van der Waals surface area contributed by atoms with Gasteiger partial charge >= 0.3 is 0 Å². The van der Waals surface area contributed by atoms with Gasteiger partial charge in [0.2, 0.25) is 0 Å². The van der Waals surface area contributed by atoms with Gasteiger partial charge in [0.1, 0.15) is 7.85 Å². The summed E-state index contributed by atoms with van der Waals surface area (Å²) < 4.78 is 0. The van der Waals surface area contributed by atoms with E-state index in [0.29, 0.717) is 5.46 Å². The molecule has 1 aromatic heterocycles. The minimum absolute atomic E-state index is 0.0189. The Bertz CT molecular complexity index is 605. The molecule has 1 saturated heterocycles. The fraction of sp³-hybridized carbons (Fsp3) is 0.357. The topological polar surface area (TPSA) is 36.1 Å². The van der Waals surface area contributed by atoms with Gasteiger partial charge in [0.25, 0.3) is 0 Å². The van der Waals surface area contributed by atoms with Crippen molar-refractivity contribution in [2.45, 2.75) is 18.9 Å². The van der Waals surface area contributed by atoms with Crippen molar-refractivity contribution in [2.24, 2.45) is 0 Å². The monoisotopic (exact) mass is 238 g/mol. The molecule has 3 nitrogen and oxygen atoms in total. The van der Waals surface area contributed by atoms with Crippen LogP contribution in [0.1, 0.15) is 23.2 Å². The van der Waals surface area contributed by atoms with Crippen LogP contribution in [0.5, 0.6) is 0 Å². The summed E-state index contributed by atoms with van der Waals surface area (Å²) >= 11 is 0. The summed E-state index contributed by atoms with van der Waals surface area (Å²) in [5.74, 6) is 0.201. The zero-order valence-corrected chi connectivity index (χ0v) is 10.4. The molecule has 2 radical (unpaired) electrons. The van der Waals surface area contributed by atoms with Crippen molar-refractivity contribution in [3.05, 3.63) is 30.0 Å². The SMILES string of the molecule is [B]c1ccc2[nH]cc(C(=O)[C@H]3CCCN3C)c2c1. The lowest BCUT2D eigenvalue weighted by Crippen LogP contribution is -2.32. The molecule has 0 amide bonds. The first-order chi connectivity index (χ1) is 8.66. The van der Waals surface area contributed by atoms with Crippen LogP contribution in [-0.2, 0) is 0 Å². The van der Waals surface area contributed by atoms with Crippen LogP contribution in [-0.4, -0.2) is 43.1 Å². The second-order valence-corrected chi connectivity index (χ2v) is 5.01. The van der Waals surface area contributed by atoms with Gasteiger partial charge in [-0.25, -0.2) is 0 Å². The third-order valence-electron chi connectivity index (χ3n) is 3.79. The molecule has 0 spiro atoms. The molecular formula is C14H15BN2O. The number of likely N-dealkylation sites (N-methyl/N-ethyl adjacent to an activating group) is 1. The van der Waals surface area contributed by atoms with E-state index in [1.54, 1.807) is 6.20 Å². The largest absolute Gasteiger partial charge is 0.360 e. The first kappa shape index (κ1) is 11.5. The lowest BCUT2D eigenvalue weighted by atomic mass is 9.93. The number of likely N-dealkylation sites (tertiary alicyclic amines) is 1. The molecule has 90 valence electrons. The van der Waals surface area contributed by atoms with Gasteiger partial charge in [-0.1, -0.05) is 17.6 Å². The van der Waals surface area contributed by atoms with E-state index >= 15 is 0 Å². The van der Waals surface area contributed by atoms with E-state index < -0.39 is 0 Å². The molecule has 1 fully saturated rings. The first-order valence-electron chi connectivity index (χ1n) is 6.28. The smallest absolute Gasteiger partial charge is 0.182 e. The number of carbonyl (C=O) groups is 1. The highest BCUT2D eigenvalue weighted by Crippen LogP contribution is 2.24. The number of benzene rings is 1. The van der Waals surface area contributed by atoms with Crippen molar-refractivity contribution in [3.63, 3.8) is 0 Å². The number of aromatic nitrogens is 1. The second kappa shape index (κ2) is 4.28. The minimum atomic E-state index is 0.0189. The number of hydrogen-bond donors (Lipinski definition) is 1. The molecule has 1 aromatic carbocycles. The third-order valence-corrected chi connectivity index (χ3v) is 3.79. The molecule has 0 unspecified atom stereocenters. The molecular weight excluding hydrogens is 223 g/mol. The molecule has 1 aliphatic heterocycles. The Balaban J connectivity index is 2.03. The molecule has 2 aromatic rings. The number of ketones is 1. The molecule has 1 N–H and O–H groups in total. The van der Waals surface area contributed by atoms with Crippen molar-refractivity contribution >= 4 is 30.0 Å². The summed E-state index contributed by atoms with van der Waals surface area (Å²) in [6.45, 7) is 1.00. The van der Waals surface area contributed by atoms with E-state index in [1.807, 2.05) is 25.2 Å². The highest BCUT2D eigenvalue weighted by atomic mass is 16.1. The lowest BCUT2D eigenvalue weighted by molar-refractivity contribution is 0.0892. The van der Waals surface area contributed by atoms with Gasteiger partial charge in [0, 0.05) is 22.7 Å². The molecule has 0 bridgehead atoms. The maximum atomic E-state index is 12.5. The fourth-order valence-electron chi connectivity index (χ4n) is 2.76. The molecule has 1 aliphatic rings. The third kappa shape index (κ3) is 1.77. The lowest BCUT2D eigenvalue weighted by Gasteiger charge is -2.17. The van der Waals surface area contributed by atoms with Gasteiger partial charge in [-0.3, -0.25) is 9.69 Å². The summed E-state index contributed by atoms with van der Waals surface area (Å²) in [7, 11) is 7.81. The Morgan fingerprint density at radius 1 is 1.50 bits per heavy atom. The van der Waals surface area contributed by atoms with Crippen molar-refractivity contribution in [2.75, 3.05) is 13.6 Å². The number of rotatable bonds is 2. The maximum Gasteiger partial charge on any atom is 0.182 e. The molecule has 2 heterocycles. The Kier molecular flexibility index (Phi) is 2.75. The van der Waals surface area contributed by atoms with Crippen molar-refractivity contribution in [1.29, 1.82) is 0 Å². The predicted octanol–water partition coefficient (Wildman–Crippen LogP) is 1.24. The van der Waals surface area contributed by atoms with E-state index in [4.69, 9.17) is 7.85 Å². The van der Waals surface area contributed by atoms with Crippen LogP contribution in [0.15, 0.2) is 24.4 Å². The Hall–Kier alpha value is -1.55. The number of nitrogens with zero attached hydrogens (tertiary/aromatic N) is 1. The highest BCUT2D eigenvalue weighted by molar-refractivity contribution is 6.33. The summed E-state index contributed by atoms with van der Waals surface area (Å²) in [6.07, 6.45) is 3.85. The van der Waals surface area contributed by atoms with Gasteiger partial charge in [0.15, 0.2) is 5.78 Å². The molecule has 3 rings (SSSR count). The van der Waals surface area contributed by atoms with Crippen molar-refractivity contribution in [1.82, 2.24) is 9.88 Å². The Labute approximate surface area is 108 Å². The number of aromatic amines is 1. The number of carbonyl (C=O) groups excluding carboxylic acids is 1. The van der Waals surface area contributed by atoms with Crippen LogP contribution in [0.2, 0.25) is 0 Å². The zero-order chi connectivity index (χ0) is 12.7. The number of H-pyrrole nitrogens is 1. The zero-order valence-electron chi connectivity index (χ0n) is 10.4. The molecule has 0 saturated carbocycles. The van der Waals surface area contributed by atoms with Gasteiger partial charge in [-0.05, 0) is 32.5 Å². The standard InChI is InChI=1S/C14H15BN2O/c1-17-6-2-3-13(17)14(18)11-8-16-12-5-4-9(15)7-10(11)12/h4-5,7-8,13,16H,2-3,6H2,1H3/t13-/m1/s1. The van der Waals surface area contributed by atoms with Crippen molar-refractivity contribution in [3.8, 4) is 0 Å². The quantitative estimate of drug-likeness (QED) is 0.631. The van der Waals surface area contributed by atoms with Crippen LogP contribution in [0, 0.1) is 0 Å². The highest BCUT2D eigenvalue weighted by Gasteiger charge is 2.29. The molecule has 0 aliphatic carbocycles. The van der Waals surface area contributed by atoms with Crippen LogP contribution < -0.4 is 5.46 Å². The maximum absolute atomic E-state index is 12.5. The normalized spacial score (nSPS) is 20.6. The van der Waals surface area contributed by atoms with Gasteiger partial charge in [0.05, 0.1) is 6.04 Å². The van der Waals surface area contributed by atoms with Gasteiger partial charge < -0.3 is 4.98 Å². The number of hydrogen-bond acceptors (Lipinski definition) is 2. The number of Topliss-reactive ketones (excluding diaryl/α,β-unsaturated/α-hetero) is 1. The summed E-state index contributed by atoms with van der Waals surface area (Å²) in [6, 6.07) is 5.65. The Morgan fingerprint density at radius 3 is 3.06 bits per heavy atom. The van der Waals surface area contributed by atoms with Gasteiger partial charge in [-0.15, -0.1) is 0 Å². The molecule has 18 heavy (non-hydrogen) atoms. The van der Waals surface area contributed by atoms with E-state index in [0.717, 1.165) is 35.9 Å². The van der Waals surface area contributed by atoms with E-state index in [9.17, 15) is 4.79 Å². The van der Waals surface area contributed by atoms with Crippen LogP contribution in [0.3, 0.4) is 0 Å². The molecule has 4 heteroatoms. The van der Waals surface area contributed by atoms with Crippen LogP contribution in [0.25, 0.3) is 10.9 Å². The summed E-state index contributed by atoms with van der Waals surface area (Å²) in [4.78, 5) is 17.8. The fourth-order valence-corrected chi connectivity index (χ4v) is 2.76. The van der Waals surface area contributed by atoms with E-state index in [1.165, 1.54) is 0 Å². The van der Waals surface area contributed by atoms with Crippen LogP contribution >= 0.6 is 0 Å². The Morgan fingerprint density at radius 2 is 2.33 bits per heavy atom.